The highest BCUT2D eigenvalue weighted by Crippen LogP contribution is 2.44. The lowest BCUT2D eigenvalue weighted by molar-refractivity contribution is 0.0988. The van der Waals surface area contributed by atoms with Crippen LogP contribution in [0.1, 0.15) is 27.4 Å². The first kappa shape index (κ1) is 8.42. The van der Waals surface area contributed by atoms with Gasteiger partial charge in [0.05, 0.1) is 5.92 Å². The first-order valence-electron chi connectivity index (χ1n) is 5.06. The van der Waals surface area contributed by atoms with Crippen molar-refractivity contribution in [3.8, 4) is 0 Å². The molecule has 1 aliphatic carbocycles. The molecule has 0 atom stereocenters. The van der Waals surface area contributed by atoms with Gasteiger partial charge in [-0.2, -0.15) is 0 Å². The van der Waals surface area contributed by atoms with Gasteiger partial charge in [0.25, 0.3) is 0 Å². The molecule has 0 unspecified atom stereocenters. The maximum absolute atomic E-state index is 12.1. The van der Waals surface area contributed by atoms with Crippen LogP contribution in [-0.2, 0) is 0 Å². The van der Waals surface area contributed by atoms with Gasteiger partial charge in [-0.25, -0.2) is 0 Å². The summed E-state index contributed by atoms with van der Waals surface area (Å²) < 4.78 is 0. The summed E-state index contributed by atoms with van der Waals surface area (Å²) in [6.45, 7) is 0. The summed E-state index contributed by atoms with van der Waals surface area (Å²) in [5, 5.41) is 0. The Morgan fingerprint density at radius 1 is 0.800 bits per heavy atom. The van der Waals surface area contributed by atoms with Gasteiger partial charge in [-0.05, 0) is 11.1 Å². The molecule has 15 heavy (non-hydrogen) atoms. The zero-order valence-corrected chi connectivity index (χ0v) is 8.18. The van der Waals surface area contributed by atoms with Gasteiger partial charge in [-0.15, -0.1) is 0 Å². The molecule has 3 rings (SSSR count). The first-order chi connectivity index (χ1) is 7.38. The minimum Gasteiger partial charge on any atom is -0.293 e. The third-order valence-electron chi connectivity index (χ3n) is 2.86. The summed E-state index contributed by atoms with van der Waals surface area (Å²) >= 11 is 0. The van der Waals surface area contributed by atoms with E-state index in [-0.39, 0.29) is 11.7 Å². The molecule has 0 N–H and O–H groups in total. The van der Waals surface area contributed by atoms with Gasteiger partial charge in [0, 0.05) is 5.56 Å². The van der Waals surface area contributed by atoms with Gasteiger partial charge < -0.3 is 0 Å². The molecular weight excluding hydrogens is 184 g/mol. The van der Waals surface area contributed by atoms with Crippen LogP contribution in [0.15, 0.2) is 54.6 Å². The van der Waals surface area contributed by atoms with Crippen molar-refractivity contribution in [3.05, 3.63) is 71.3 Å². The molecule has 0 amide bonds. The lowest BCUT2D eigenvalue weighted by Crippen LogP contribution is -1.99. The Morgan fingerprint density at radius 3 is 1.93 bits per heavy atom. The van der Waals surface area contributed by atoms with E-state index in [1.165, 1.54) is 11.1 Å². The van der Waals surface area contributed by atoms with Crippen LogP contribution >= 0.6 is 0 Å². The van der Waals surface area contributed by atoms with Crippen LogP contribution in [0.5, 0.6) is 0 Å². The normalized spacial score (nSPS) is 13.3. The zero-order valence-electron chi connectivity index (χ0n) is 8.18. The van der Waals surface area contributed by atoms with Crippen molar-refractivity contribution in [2.45, 2.75) is 5.92 Å². The molecule has 0 aliphatic heterocycles. The van der Waals surface area contributed by atoms with E-state index in [1.807, 2.05) is 54.6 Å². The van der Waals surface area contributed by atoms with E-state index in [0.29, 0.717) is 0 Å². The van der Waals surface area contributed by atoms with Gasteiger partial charge in [0.1, 0.15) is 0 Å². The number of ketones is 1. The molecule has 0 spiro atoms. The molecule has 0 heterocycles. The fraction of sp³-hybridized carbons (Fsp3) is 0.0714. The number of rotatable bonds is 2. The molecule has 0 saturated carbocycles. The zero-order chi connectivity index (χ0) is 10.3. The molecule has 1 heteroatoms. The predicted octanol–water partition coefficient (Wildman–Crippen LogP) is 3.01. The maximum Gasteiger partial charge on any atom is 0.174 e. The van der Waals surface area contributed by atoms with E-state index in [1.54, 1.807) is 0 Å². The molecule has 2 aromatic rings. The topological polar surface area (TPSA) is 17.1 Å². The SMILES string of the molecule is O=C(c1ccccc1)C1c2ccccc21. The summed E-state index contributed by atoms with van der Waals surface area (Å²) in [7, 11) is 0. The van der Waals surface area contributed by atoms with E-state index in [4.69, 9.17) is 0 Å². The minimum absolute atomic E-state index is 0.0300. The van der Waals surface area contributed by atoms with Gasteiger partial charge >= 0.3 is 0 Å². The second-order valence-electron chi connectivity index (χ2n) is 3.79. The molecule has 0 saturated heterocycles. The van der Waals surface area contributed by atoms with Crippen molar-refractivity contribution in [1.29, 1.82) is 0 Å². The number of carbonyl (C=O) groups excluding carboxylic acids is 1. The Balaban J connectivity index is 1.91. The van der Waals surface area contributed by atoms with Crippen molar-refractivity contribution >= 4 is 5.78 Å². The minimum atomic E-state index is 0.0300. The van der Waals surface area contributed by atoms with E-state index in [0.717, 1.165) is 5.56 Å². The van der Waals surface area contributed by atoms with Gasteiger partial charge in [0.2, 0.25) is 0 Å². The molecule has 72 valence electrons. The summed E-state index contributed by atoms with van der Waals surface area (Å²) in [6.07, 6.45) is 0. The summed E-state index contributed by atoms with van der Waals surface area (Å²) in [6, 6.07) is 17.5. The monoisotopic (exact) mass is 194 g/mol. The van der Waals surface area contributed by atoms with E-state index >= 15 is 0 Å². The Kier molecular flexibility index (Phi) is 1.72. The smallest absolute Gasteiger partial charge is 0.174 e. The second-order valence-corrected chi connectivity index (χ2v) is 3.79. The molecule has 1 aliphatic rings. The Bertz CT molecular complexity index is 491. The highest BCUT2D eigenvalue weighted by Gasteiger charge is 2.38. The average Bonchev–Trinajstić information content (AvgIpc) is 3.03. The number of Topliss-reactive ketones (excluding diaryl/α,β-unsaturated/α-hetero) is 1. The van der Waals surface area contributed by atoms with Crippen molar-refractivity contribution in [2.24, 2.45) is 0 Å². The van der Waals surface area contributed by atoms with Crippen molar-refractivity contribution in [3.63, 3.8) is 0 Å². The third-order valence-corrected chi connectivity index (χ3v) is 2.86. The van der Waals surface area contributed by atoms with Crippen LogP contribution in [0.2, 0.25) is 0 Å². The van der Waals surface area contributed by atoms with E-state index in [2.05, 4.69) is 0 Å². The van der Waals surface area contributed by atoms with Crippen LogP contribution in [-0.4, -0.2) is 5.78 Å². The van der Waals surface area contributed by atoms with Crippen molar-refractivity contribution in [1.82, 2.24) is 0 Å². The Morgan fingerprint density at radius 2 is 1.33 bits per heavy atom. The summed E-state index contributed by atoms with van der Waals surface area (Å²) in [5.74, 6) is 0.249. The molecule has 0 fully saturated rings. The number of fused-ring (bicyclic) bond motifs is 1. The van der Waals surface area contributed by atoms with Crippen LogP contribution in [0, 0.1) is 0 Å². The lowest BCUT2D eigenvalue weighted by Gasteiger charge is -1.96. The number of hydrogen-bond acceptors (Lipinski definition) is 1. The van der Waals surface area contributed by atoms with E-state index < -0.39 is 0 Å². The third kappa shape index (κ3) is 1.28. The summed E-state index contributed by atoms with van der Waals surface area (Å²) in [4.78, 5) is 12.1. The standard InChI is InChI=1S/C14H10O/c15-14(10-6-2-1-3-7-10)13-11-8-4-5-9-12(11)13/h1-9,13H. The number of hydrogen-bond donors (Lipinski definition) is 0. The molecular formula is C14H10O. The van der Waals surface area contributed by atoms with Crippen molar-refractivity contribution < 1.29 is 4.79 Å². The average molecular weight is 194 g/mol. The van der Waals surface area contributed by atoms with Crippen LogP contribution in [0.3, 0.4) is 0 Å². The largest absolute Gasteiger partial charge is 0.293 e. The molecule has 1 nitrogen and oxygen atoms in total. The van der Waals surface area contributed by atoms with Crippen LogP contribution in [0.4, 0.5) is 0 Å². The quantitative estimate of drug-likeness (QED) is 0.671. The van der Waals surface area contributed by atoms with Gasteiger partial charge in [-0.3, -0.25) is 4.79 Å². The first-order valence-corrected chi connectivity index (χ1v) is 5.06. The highest BCUT2D eigenvalue weighted by atomic mass is 16.1. The lowest BCUT2D eigenvalue weighted by atomic mass is 10.1. The number of carbonyl (C=O) groups is 1. The van der Waals surface area contributed by atoms with Crippen LogP contribution < -0.4 is 0 Å². The summed E-state index contributed by atoms with van der Waals surface area (Å²) in [5.41, 5.74) is 3.18. The number of benzene rings is 2. The fourth-order valence-corrected chi connectivity index (χ4v) is 2.01. The Labute approximate surface area is 88.4 Å². The molecule has 0 aromatic heterocycles. The molecule has 0 radical (unpaired) electrons. The van der Waals surface area contributed by atoms with Gasteiger partial charge in [0.15, 0.2) is 5.78 Å². The van der Waals surface area contributed by atoms with Crippen LogP contribution in [0.25, 0.3) is 0 Å². The fourth-order valence-electron chi connectivity index (χ4n) is 2.01. The van der Waals surface area contributed by atoms with Crippen molar-refractivity contribution in [2.75, 3.05) is 0 Å². The molecule has 0 bridgehead atoms. The van der Waals surface area contributed by atoms with E-state index in [9.17, 15) is 4.79 Å². The predicted molar refractivity (Wildman–Crippen MR) is 59.1 cm³/mol. The second kappa shape index (κ2) is 3.06. The Hall–Kier alpha value is -1.89. The molecule has 2 aromatic carbocycles. The highest BCUT2D eigenvalue weighted by molar-refractivity contribution is 6.07. The van der Waals surface area contributed by atoms with Gasteiger partial charge in [-0.1, -0.05) is 54.6 Å². The maximum atomic E-state index is 12.1.